The van der Waals surface area contributed by atoms with E-state index in [9.17, 15) is 13.2 Å². The number of carbonyl (C=O) groups excluding carboxylic acids is 1. The van der Waals surface area contributed by atoms with Crippen LogP contribution in [0.4, 0.5) is 0 Å². The zero-order chi connectivity index (χ0) is 23.3. The molecule has 3 aromatic carbocycles. The van der Waals surface area contributed by atoms with Crippen molar-refractivity contribution in [3.63, 3.8) is 0 Å². The predicted octanol–water partition coefficient (Wildman–Crippen LogP) is 3.92. The van der Waals surface area contributed by atoms with E-state index in [0.717, 1.165) is 11.9 Å². The summed E-state index contributed by atoms with van der Waals surface area (Å²) in [5.41, 5.74) is 3.83. The fraction of sp³-hybridized carbons (Fsp3) is 0.231. The standard InChI is InChI=1S/C26H27N3O3S/c1-33(31,32)19-25-28-23-14-8-9-15-24(23)29(25)18-26(30)27-17-16-22(20-10-4-2-5-11-20)21-12-6-3-7-13-21/h2-15,22H,16-19H2,1H3,(H,27,30). The molecule has 1 N–H and O–H groups in total. The number of sulfone groups is 1. The third-order valence-electron chi connectivity index (χ3n) is 5.59. The number of aromatic nitrogens is 2. The minimum Gasteiger partial charge on any atom is -0.355 e. The molecule has 0 atom stereocenters. The Morgan fingerprint density at radius 2 is 1.48 bits per heavy atom. The first-order valence-electron chi connectivity index (χ1n) is 10.9. The van der Waals surface area contributed by atoms with E-state index >= 15 is 0 Å². The van der Waals surface area contributed by atoms with Gasteiger partial charge in [0.2, 0.25) is 5.91 Å². The molecule has 0 saturated carbocycles. The monoisotopic (exact) mass is 461 g/mol. The number of nitrogens with one attached hydrogen (secondary N) is 1. The topological polar surface area (TPSA) is 81.1 Å². The second-order valence-electron chi connectivity index (χ2n) is 8.19. The predicted molar refractivity (Wildman–Crippen MR) is 131 cm³/mol. The second-order valence-corrected chi connectivity index (χ2v) is 10.3. The van der Waals surface area contributed by atoms with Crippen LogP contribution in [-0.2, 0) is 26.9 Å². The van der Waals surface area contributed by atoms with Gasteiger partial charge in [-0.2, -0.15) is 0 Å². The first-order chi connectivity index (χ1) is 15.9. The SMILES string of the molecule is CS(=O)(=O)Cc1nc2ccccc2n1CC(=O)NCCC(c1ccccc1)c1ccccc1. The highest BCUT2D eigenvalue weighted by Gasteiger charge is 2.18. The van der Waals surface area contributed by atoms with Crippen LogP contribution in [0.1, 0.15) is 29.3 Å². The molecule has 0 bridgehead atoms. The van der Waals surface area contributed by atoms with E-state index < -0.39 is 9.84 Å². The quantitative estimate of drug-likeness (QED) is 0.410. The van der Waals surface area contributed by atoms with Crippen molar-refractivity contribution in [3.05, 3.63) is 102 Å². The molecule has 0 spiro atoms. The first kappa shape index (κ1) is 22.7. The third-order valence-corrected chi connectivity index (χ3v) is 6.37. The van der Waals surface area contributed by atoms with Crippen LogP contribution in [0, 0.1) is 0 Å². The van der Waals surface area contributed by atoms with E-state index in [1.807, 2.05) is 60.7 Å². The van der Waals surface area contributed by atoms with Crippen LogP contribution in [-0.4, -0.2) is 36.7 Å². The summed E-state index contributed by atoms with van der Waals surface area (Å²) in [6.07, 6.45) is 1.92. The van der Waals surface area contributed by atoms with Crippen molar-refractivity contribution in [3.8, 4) is 0 Å². The Kier molecular flexibility index (Phi) is 6.89. The lowest BCUT2D eigenvalue weighted by Crippen LogP contribution is -2.30. The van der Waals surface area contributed by atoms with E-state index in [1.165, 1.54) is 17.4 Å². The number of rotatable bonds is 9. The number of amides is 1. The summed E-state index contributed by atoms with van der Waals surface area (Å²) in [6, 6.07) is 27.9. The molecule has 170 valence electrons. The van der Waals surface area contributed by atoms with Crippen LogP contribution in [0.2, 0.25) is 0 Å². The van der Waals surface area contributed by atoms with Crippen LogP contribution in [0.5, 0.6) is 0 Å². The van der Waals surface area contributed by atoms with Crippen molar-refractivity contribution in [1.29, 1.82) is 0 Å². The number of fused-ring (bicyclic) bond motifs is 1. The van der Waals surface area contributed by atoms with Gasteiger partial charge >= 0.3 is 0 Å². The highest BCUT2D eigenvalue weighted by Crippen LogP contribution is 2.27. The van der Waals surface area contributed by atoms with E-state index in [0.29, 0.717) is 17.9 Å². The number of para-hydroxylation sites is 2. The van der Waals surface area contributed by atoms with Crippen LogP contribution in [0.15, 0.2) is 84.9 Å². The molecule has 4 rings (SSSR count). The maximum atomic E-state index is 12.8. The van der Waals surface area contributed by atoms with Gasteiger partial charge in [0.15, 0.2) is 9.84 Å². The average Bonchev–Trinajstić information content (AvgIpc) is 3.13. The maximum absolute atomic E-state index is 12.8. The van der Waals surface area contributed by atoms with E-state index in [2.05, 4.69) is 34.6 Å². The summed E-state index contributed by atoms with van der Waals surface area (Å²) in [5.74, 6) is 0.162. The van der Waals surface area contributed by atoms with Crippen LogP contribution in [0.3, 0.4) is 0 Å². The largest absolute Gasteiger partial charge is 0.355 e. The number of nitrogens with zero attached hydrogens (tertiary/aromatic N) is 2. The molecule has 1 aromatic heterocycles. The van der Waals surface area contributed by atoms with Crippen molar-refractivity contribution >= 4 is 26.8 Å². The van der Waals surface area contributed by atoms with Gasteiger partial charge in [-0.15, -0.1) is 0 Å². The van der Waals surface area contributed by atoms with E-state index in [4.69, 9.17) is 0 Å². The molecule has 0 radical (unpaired) electrons. The van der Waals surface area contributed by atoms with Crippen LogP contribution in [0.25, 0.3) is 11.0 Å². The van der Waals surface area contributed by atoms with Gasteiger partial charge in [0.1, 0.15) is 18.1 Å². The van der Waals surface area contributed by atoms with Crippen molar-refractivity contribution in [2.75, 3.05) is 12.8 Å². The Labute approximate surface area is 194 Å². The van der Waals surface area contributed by atoms with Crippen molar-refractivity contribution in [1.82, 2.24) is 14.9 Å². The minimum absolute atomic E-state index is 0.0205. The normalized spacial score (nSPS) is 11.7. The molecule has 0 aliphatic heterocycles. The summed E-state index contributed by atoms with van der Waals surface area (Å²) in [7, 11) is -3.29. The molecule has 7 heteroatoms. The minimum atomic E-state index is -3.29. The molecule has 0 unspecified atom stereocenters. The Hall–Kier alpha value is -3.45. The summed E-state index contributed by atoms with van der Waals surface area (Å²) in [6.45, 7) is 0.522. The lowest BCUT2D eigenvalue weighted by Gasteiger charge is -2.18. The molecule has 33 heavy (non-hydrogen) atoms. The highest BCUT2D eigenvalue weighted by molar-refractivity contribution is 7.89. The molecule has 0 saturated heterocycles. The lowest BCUT2D eigenvalue weighted by atomic mass is 9.88. The van der Waals surface area contributed by atoms with Crippen molar-refractivity contribution in [2.45, 2.75) is 24.6 Å². The number of hydrogen-bond acceptors (Lipinski definition) is 4. The number of hydrogen-bond donors (Lipinski definition) is 1. The molecule has 4 aromatic rings. The van der Waals surface area contributed by atoms with E-state index in [1.54, 1.807) is 4.57 Å². The van der Waals surface area contributed by atoms with Crippen molar-refractivity contribution < 1.29 is 13.2 Å². The zero-order valence-corrected chi connectivity index (χ0v) is 19.3. The molecule has 0 aliphatic rings. The fourth-order valence-corrected chi connectivity index (χ4v) is 4.79. The lowest BCUT2D eigenvalue weighted by molar-refractivity contribution is -0.121. The molecule has 0 aliphatic carbocycles. The number of carbonyl (C=O) groups is 1. The van der Waals surface area contributed by atoms with Crippen LogP contribution < -0.4 is 5.32 Å². The molecule has 1 amide bonds. The van der Waals surface area contributed by atoms with Gasteiger partial charge < -0.3 is 9.88 Å². The van der Waals surface area contributed by atoms with Gasteiger partial charge in [0.05, 0.1) is 11.0 Å². The Bertz CT molecular complexity index is 1290. The third kappa shape index (κ3) is 5.87. The molecular formula is C26H27N3O3S. The summed E-state index contributed by atoms with van der Waals surface area (Å²) in [5, 5.41) is 3.01. The van der Waals surface area contributed by atoms with E-state index in [-0.39, 0.29) is 24.1 Å². The van der Waals surface area contributed by atoms with Gasteiger partial charge in [0.25, 0.3) is 0 Å². The number of imidazole rings is 1. The fourth-order valence-electron chi connectivity index (χ4n) is 4.10. The molecule has 0 fully saturated rings. The maximum Gasteiger partial charge on any atom is 0.240 e. The van der Waals surface area contributed by atoms with Crippen LogP contribution >= 0.6 is 0 Å². The molecule has 1 heterocycles. The highest BCUT2D eigenvalue weighted by atomic mass is 32.2. The Morgan fingerprint density at radius 1 is 0.909 bits per heavy atom. The van der Waals surface area contributed by atoms with Gasteiger partial charge in [0, 0.05) is 18.7 Å². The Morgan fingerprint density at radius 3 is 2.09 bits per heavy atom. The molecular weight excluding hydrogens is 434 g/mol. The van der Waals surface area contributed by atoms with Gasteiger partial charge in [-0.05, 0) is 29.7 Å². The molecule has 6 nitrogen and oxygen atoms in total. The first-order valence-corrected chi connectivity index (χ1v) is 13.0. The van der Waals surface area contributed by atoms with Gasteiger partial charge in [-0.25, -0.2) is 13.4 Å². The Balaban J connectivity index is 1.47. The summed E-state index contributed by atoms with van der Waals surface area (Å²) in [4.78, 5) is 17.3. The summed E-state index contributed by atoms with van der Waals surface area (Å²) >= 11 is 0. The average molecular weight is 462 g/mol. The zero-order valence-electron chi connectivity index (χ0n) is 18.5. The number of benzene rings is 3. The van der Waals surface area contributed by atoms with Gasteiger partial charge in [-0.1, -0.05) is 72.8 Å². The smallest absolute Gasteiger partial charge is 0.240 e. The summed E-state index contributed by atoms with van der Waals surface area (Å²) < 4.78 is 25.4. The van der Waals surface area contributed by atoms with Crippen molar-refractivity contribution in [2.24, 2.45) is 0 Å². The van der Waals surface area contributed by atoms with Gasteiger partial charge in [-0.3, -0.25) is 4.79 Å². The second kappa shape index (κ2) is 10.0.